The molecule has 0 saturated heterocycles. The number of aliphatic imine (C=N–C) groups is 1. The molecule has 0 aromatic heterocycles. The van der Waals surface area contributed by atoms with Crippen molar-refractivity contribution in [2.24, 2.45) is 4.99 Å². The molecular weight excluding hydrogens is 336 g/mol. The predicted molar refractivity (Wildman–Crippen MR) is 118 cm³/mol. The zero-order valence-electron chi connectivity index (χ0n) is 17.9. The predicted octanol–water partition coefficient (Wildman–Crippen LogP) is 5.61. The van der Waals surface area contributed by atoms with Crippen LogP contribution >= 0.6 is 0 Å². The minimum Gasteiger partial charge on any atom is -0.482 e. The van der Waals surface area contributed by atoms with Gasteiger partial charge < -0.3 is 14.8 Å². The van der Waals surface area contributed by atoms with E-state index < -0.39 is 0 Å². The molecule has 1 aromatic rings. The Bertz CT molecular complexity index is 402. The molecule has 0 aliphatic carbocycles. The van der Waals surface area contributed by atoms with Crippen LogP contribution < -0.4 is 5.32 Å². The summed E-state index contributed by atoms with van der Waals surface area (Å²) >= 11 is 0. The number of hydrogen-bond acceptors (Lipinski definition) is 4. The van der Waals surface area contributed by atoms with E-state index in [0.717, 1.165) is 39.5 Å². The third-order valence-electron chi connectivity index (χ3n) is 4.02. The number of unbranched alkanes of at least 4 members (excludes halogenated alkanes) is 6. The van der Waals surface area contributed by atoms with Crippen molar-refractivity contribution in [3.05, 3.63) is 35.9 Å². The highest BCUT2D eigenvalue weighted by Crippen LogP contribution is 2.06. The first kappa shape index (κ1) is 25.6. The van der Waals surface area contributed by atoms with E-state index >= 15 is 0 Å². The van der Waals surface area contributed by atoms with Gasteiger partial charge in [0.15, 0.2) is 6.40 Å². The molecule has 0 unspecified atom stereocenters. The maximum atomic E-state index is 4.83. The molecule has 1 aliphatic rings. The van der Waals surface area contributed by atoms with Crippen LogP contribution in [0.2, 0.25) is 0 Å². The van der Waals surface area contributed by atoms with Crippen molar-refractivity contribution < 1.29 is 9.47 Å². The van der Waals surface area contributed by atoms with E-state index in [1.807, 2.05) is 13.8 Å². The Morgan fingerprint density at radius 2 is 1.59 bits per heavy atom. The first-order valence-electron chi connectivity index (χ1n) is 10.8. The second-order valence-corrected chi connectivity index (χ2v) is 6.45. The summed E-state index contributed by atoms with van der Waals surface area (Å²) in [4.78, 5) is 3.74. The van der Waals surface area contributed by atoms with Crippen LogP contribution in [0.25, 0.3) is 0 Å². The van der Waals surface area contributed by atoms with E-state index in [1.165, 1.54) is 56.9 Å². The smallest absolute Gasteiger partial charge is 0.169 e. The fourth-order valence-corrected chi connectivity index (χ4v) is 2.50. The monoisotopic (exact) mass is 378 g/mol. The second-order valence-electron chi connectivity index (χ2n) is 6.45. The molecule has 4 nitrogen and oxygen atoms in total. The fraction of sp³-hybridized carbons (Fsp3) is 0.696. The van der Waals surface area contributed by atoms with Crippen LogP contribution in [0, 0.1) is 0 Å². The van der Waals surface area contributed by atoms with Gasteiger partial charge in [0, 0.05) is 19.8 Å². The van der Waals surface area contributed by atoms with Crippen molar-refractivity contribution in [1.29, 1.82) is 0 Å². The minimum atomic E-state index is 0.778. The highest BCUT2D eigenvalue weighted by atomic mass is 16.5. The zero-order chi connectivity index (χ0) is 19.8. The van der Waals surface area contributed by atoms with Gasteiger partial charge in [0.1, 0.15) is 6.61 Å². The SMILES string of the molecule is C1=NCCO1.CCCCCCCCCNCc1ccccc1.CCOCC. The normalized spacial score (nSPS) is 11.8. The van der Waals surface area contributed by atoms with E-state index in [-0.39, 0.29) is 0 Å². The van der Waals surface area contributed by atoms with E-state index in [0.29, 0.717) is 0 Å². The molecule has 0 saturated carbocycles. The molecule has 1 heterocycles. The first-order valence-corrected chi connectivity index (χ1v) is 10.8. The van der Waals surface area contributed by atoms with Crippen molar-refractivity contribution in [3.8, 4) is 0 Å². The van der Waals surface area contributed by atoms with Gasteiger partial charge >= 0.3 is 0 Å². The summed E-state index contributed by atoms with van der Waals surface area (Å²) in [5.41, 5.74) is 1.38. The van der Waals surface area contributed by atoms with Gasteiger partial charge in [-0.15, -0.1) is 0 Å². The van der Waals surface area contributed by atoms with Gasteiger partial charge in [-0.2, -0.15) is 0 Å². The number of benzene rings is 1. The summed E-state index contributed by atoms with van der Waals surface area (Å²) in [6.07, 6.45) is 11.2. The average Bonchev–Trinajstić information content (AvgIpc) is 3.29. The van der Waals surface area contributed by atoms with E-state index in [1.54, 1.807) is 0 Å². The number of ether oxygens (including phenoxy) is 2. The van der Waals surface area contributed by atoms with Crippen molar-refractivity contribution in [2.45, 2.75) is 72.3 Å². The van der Waals surface area contributed by atoms with Gasteiger partial charge in [-0.1, -0.05) is 75.8 Å². The van der Waals surface area contributed by atoms with Crippen LogP contribution in [0.5, 0.6) is 0 Å². The average molecular weight is 379 g/mol. The summed E-state index contributed by atoms with van der Waals surface area (Å²) in [6, 6.07) is 10.6. The molecule has 27 heavy (non-hydrogen) atoms. The molecule has 0 atom stereocenters. The molecular formula is C23H42N2O2. The third kappa shape index (κ3) is 20.8. The second kappa shape index (κ2) is 22.7. The lowest BCUT2D eigenvalue weighted by atomic mass is 10.1. The van der Waals surface area contributed by atoms with Gasteiger partial charge in [-0.25, -0.2) is 0 Å². The van der Waals surface area contributed by atoms with Crippen LogP contribution in [0.3, 0.4) is 0 Å². The Hall–Kier alpha value is -1.39. The number of rotatable bonds is 12. The number of hydrogen-bond donors (Lipinski definition) is 1. The minimum absolute atomic E-state index is 0.778. The maximum Gasteiger partial charge on any atom is 0.169 e. The van der Waals surface area contributed by atoms with Gasteiger partial charge in [0.2, 0.25) is 0 Å². The highest BCUT2D eigenvalue weighted by molar-refractivity contribution is 5.47. The lowest BCUT2D eigenvalue weighted by molar-refractivity contribution is 0.162. The quantitative estimate of drug-likeness (QED) is 0.480. The van der Waals surface area contributed by atoms with Crippen LogP contribution in [0.1, 0.15) is 71.3 Å². The summed E-state index contributed by atoms with van der Waals surface area (Å²) in [5, 5.41) is 3.50. The van der Waals surface area contributed by atoms with E-state index in [9.17, 15) is 0 Å². The Labute approximate surface area is 167 Å². The van der Waals surface area contributed by atoms with Crippen molar-refractivity contribution in [1.82, 2.24) is 5.32 Å². The van der Waals surface area contributed by atoms with Gasteiger partial charge in [-0.3, -0.25) is 4.99 Å². The summed E-state index contributed by atoms with van der Waals surface area (Å²) < 4.78 is 9.49. The Morgan fingerprint density at radius 1 is 0.926 bits per heavy atom. The number of nitrogens with one attached hydrogen (secondary N) is 1. The number of nitrogens with zero attached hydrogens (tertiary/aromatic N) is 1. The molecule has 0 amide bonds. The van der Waals surface area contributed by atoms with Crippen molar-refractivity contribution >= 4 is 6.40 Å². The van der Waals surface area contributed by atoms with Crippen molar-refractivity contribution in [3.63, 3.8) is 0 Å². The van der Waals surface area contributed by atoms with Crippen molar-refractivity contribution in [2.75, 3.05) is 32.9 Å². The topological polar surface area (TPSA) is 42.8 Å². The molecule has 4 heteroatoms. The Kier molecular flexibility index (Phi) is 21.5. The Morgan fingerprint density at radius 3 is 2.07 bits per heavy atom. The molecule has 0 radical (unpaired) electrons. The first-order chi connectivity index (χ1) is 13.3. The highest BCUT2D eigenvalue weighted by Gasteiger charge is 1.92. The van der Waals surface area contributed by atoms with Crippen LogP contribution in [-0.4, -0.2) is 39.3 Å². The summed E-state index contributed by atoms with van der Waals surface area (Å²) in [7, 11) is 0. The lowest BCUT2D eigenvalue weighted by Gasteiger charge is -2.04. The van der Waals surface area contributed by atoms with Gasteiger partial charge in [-0.05, 0) is 32.4 Å². The largest absolute Gasteiger partial charge is 0.482 e. The molecule has 2 rings (SSSR count). The van der Waals surface area contributed by atoms with Crippen LogP contribution in [-0.2, 0) is 16.0 Å². The Balaban J connectivity index is 0.000000548. The molecule has 156 valence electrons. The van der Waals surface area contributed by atoms with Crippen LogP contribution in [0.15, 0.2) is 35.3 Å². The molecule has 0 spiro atoms. The summed E-state index contributed by atoms with van der Waals surface area (Å²) in [6.45, 7) is 11.7. The van der Waals surface area contributed by atoms with E-state index in [4.69, 9.17) is 4.74 Å². The van der Waals surface area contributed by atoms with E-state index in [2.05, 4.69) is 52.3 Å². The zero-order valence-corrected chi connectivity index (χ0v) is 17.9. The molecule has 1 aliphatic heterocycles. The van der Waals surface area contributed by atoms with Gasteiger partial charge in [0.25, 0.3) is 0 Å². The molecule has 0 bridgehead atoms. The third-order valence-corrected chi connectivity index (χ3v) is 4.02. The molecule has 1 aromatic carbocycles. The standard InChI is InChI=1S/C16H27N.C4H10O.C3H5NO/c1-2-3-4-5-6-7-11-14-17-15-16-12-9-8-10-13-16;1-3-5-4-2;1-2-5-3-4-1/h8-10,12-13,17H,2-7,11,14-15H2,1H3;3-4H2,1-2H3;3H,1-2H2. The summed E-state index contributed by atoms with van der Waals surface area (Å²) in [5.74, 6) is 0. The van der Waals surface area contributed by atoms with Crippen LogP contribution in [0.4, 0.5) is 0 Å². The maximum absolute atomic E-state index is 4.83. The molecule has 0 fully saturated rings. The fourth-order valence-electron chi connectivity index (χ4n) is 2.50. The lowest BCUT2D eigenvalue weighted by Crippen LogP contribution is -2.14. The molecule has 1 N–H and O–H groups in total. The van der Waals surface area contributed by atoms with Gasteiger partial charge in [0.05, 0.1) is 6.54 Å².